The van der Waals surface area contributed by atoms with Gasteiger partial charge in [0, 0.05) is 23.2 Å². The molecule has 134 valence electrons. The van der Waals surface area contributed by atoms with Gasteiger partial charge < -0.3 is 19.2 Å². The molecule has 0 saturated carbocycles. The summed E-state index contributed by atoms with van der Waals surface area (Å²) in [5.74, 6) is -1.51. The van der Waals surface area contributed by atoms with Gasteiger partial charge in [-0.05, 0) is 17.9 Å². The number of hydrogen-bond donors (Lipinski definition) is 2. The Kier molecular flexibility index (Phi) is 3.31. The minimum absolute atomic E-state index is 0.143. The summed E-state index contributed by atoms with van der Waals surface area (Å²) in [7, 11) is 0. The average Bonchev–Trinajstić information content (AvgIpc) is 2.94. The lowest BCUT2D eigenvalue weighted by atomic mass is 9.79. The standard InChI is InChI=1S/C20H19NO5/c1-20(2,3)14-8-11-10-6-4-5-7-13(10)26-18(11)15-17(23)16(22)12(19(24)25)9-21(14)15/h4-7,9,14,23H,8H2,1-3H3,(H,24,25)/t14-/m0/s1. The van der Waals surface area contributed by atoms with Gasteiger partial charge in [-0.15, -0.1) is 0 Å². The third kappa shape index (κ3) is 2.18. The van der Waals surface area contributed by atoms with E-state index < -0.39 is 22.7 Å². The van der Waals surface area contributed by atoms with Crippen molar-refractivity contribution in [2.24, 2.45) is 5.41 Å². The molecule has 0 radical (unpaired) electrons. The number of aromatic carboxylic acids is 1. The molecule has 26 heavy (non-hydrogen) atoms. The fraction of sp³-hybridized carbons (Fsp3) is 0.300. The predicted octanol–water partition coefficient (Wildman–Crippen LogP) is 3.81. The maximum atomic E-state index is 12.4. The normalized spacial score (nSPS) is 16.3. The monoisotopic (exact) mass is 353 g/mol. The zero-order valence-electron chi connectivity index (χ0n) is 14.7. The molecule has 2 N–H and O–H groups in total. The highest BCUT2D eigenvalue weighted by Crippen LogP contribution is 2.48. The van der Waals surface area contributed by atoms with E-state index >= 15 is 0 Å². The van der Waals surface area contributed by atoms with Gasteiger partial charge in [-0.1, -0.05) is 39.0 Å². The summed E-state index contributed by atoms with van der Waals surface area (Å²) in [6, 6.07) is 7.42. The first kappa shape index (κ1) is 16.4. The number of fused-ring (bicyclic) bond motifs is 5. The van der Waals surface area contributed by atoms with Crippen molar-refractivity contribution in [2.75, 3.05) is 0 Å². The van der Waals surface area contributed by atoms with Crippen LogP contribution in [0.1, 0.15) is 42.7 Å². The molecule has 0 fully saturated rings. The molecule has 4 rings (SSSR count). The molecule has 1 aliphatic rings. The van der Waals surface area contributed by atoms with E-state index in [-0.39, 0.29) is 17.2 Å². The number of hydrogen-bond acceptors (Lipinski definition) is 4. The molecule has 6 nitrogen and oxygen atoms in total. The average molecular weight is 353 g/mol. The number of carboxylic acids is 1. The second-order valence-electron chi connectivity index (χ2n) is 7.77. The first-order valence-electron chi connectivity index (χ1n) is 8.42. The van der Waals surface area contributed by atoms with Crippen LogP contribution in [0.3, 0.4) is 0 Å². The van der Waals surface area contributed by atoms with E-state index in [0.29, 0.717) is 17.8 Å². The Hall–Kier alpha value is -3.02. The first-order chi connectivity index (χ1) is 12.2. The minimum atomic E-state index is -1.36. The van der Waals surface area contributed by atoms with Gasteiger partial charge in [0.1, 0.15) is 16.8 Å². The van der Waals surface area contributed by atoms with Gasteiger partial charge in [-0.2, -0.15) is 0 Å². The molecule has 3 heterocycles. The number of aromatic hydroxyl groups is 1. The smallest absolute Gasteiger partial charge is 0.341 e. The number of carboxylic acid groups (broad SMARTS) is 1. The van der Waals surface area contributed by atoms with Crippen LogP contribution < -0.4 is 5.43 Å². The van der Waals surface area contributed by atoms with Gasteiger partial charge in [0.2, 0.25) is 5.43 Å². The summed E-state index contributed by atoms with van der Waals surface area (Å²) in [4.78, 5) is 23.8. The lowest BCUT2D eigenvalue weighted by Gasteiger charge is -2.37. The third-order valence-electron chi connectivity index (χ3n) is 5.09. The molecule has 1 atom stereocenters. The third-order valence-corrected chi connectivity index (χ3v) is 5.09. The Morgan fingerprint density at radius 1 is 1.27 bits per heavy atom. The highest BCUT2D eigenvalue weighted by molar-refractivity contribution is 5.91. The number of para-hydroxylation sites is 1. The Morgan fingerprint density at radius 3 is 2.62 bits per heavy atom. The van der Waals surface area contributed by atoms with E-state index in [1.165, 1.54) is 6.20 Å². The Bertz CT molecular complexity index is 1110. The van der Waals surface area contributed by atoms with Crippen LogP contribution in [0.4, 0.5) is 0 Å². The van der Waals surface area contributed by atoms with Crippen molar-refractivity contribution >= 4 is 16.9 Å². The van der Waals surface area contributed by atoms with Crippen molar-refractivity contribution in [3.63, 3.8) is 0 Å². The molecular formula is C20H19NO5. The van der Waals surface area contributed by atoms with Gasteiger partial charge in [0.05, 0.1) is 0 Å². The van der Waals surface area contributed by atoms with E-state index in [9.17, 15) is 19.8 Å². The lowest BCUT2D eigenvalue weighted by Crippen LogP contribution is -2.32. The molecule has 6 heteroatoms. The molecule has 0 unspecified atom stereocenters. The molecule has 0 bridgehead atoms. The highest BCUT2D eigenvalue weighted by Gasteiger charge is 2.38. The maximum absolute atomic E-state index is 12.4. The summed E-state index contributed by atoms with van der Waals surface area (Å²) in [6.07, 6.45) is 1.94. The number of benzene rings is 1. The van der Waals surface area contributed by atoms with Crippen molar-refractivity contribution in [3.05, 3.63) is 51.8 Å². The van der Waals surface area contributed by atoms with Gasteiger partial charge in [0.15, 0.2) is 11.5 Å². The quantitative estimate of drug-likeness (QED) is 0.694. The first-order valence-corrected chi connectivity index (χ1v) is 8.42. The van der Waals surface area contributed by atoms with Crippen LogP contribution >= 0.6 is 0 Å². The van der Waals surface area contributed by atoms with Crippen molar-refractivity contribution in [2.45, 2.75) is 33.2 Å². The number of rotatable bonds is 1. The molecule has 3 aromatic rings. The number of furan rings is 1. The van der Waals surface area contributed by atoms with Crippen LogP contribution in [0.25, 0.3) is 22.4 Å². The van der Waals surface area contributed by atoms with Crippen LogP contribution in [0.2, 0.25) is 0 Å². The van der Waals surface area contributed by atoms with Crippen molar-refractivity contribution in [3.8, 4) is 17.2 Å². The van der Waals surface area contributed by atoms with Gasteiger partial charge in [-0.25, -0.2) is 4.79 Å². The summed E-state index contributed by atoms with van der Waals surface area (Å²) < 4.78 is 7.63. The van der Waals surface area contributed by atoms with E-state index in [1.54, 1.807) is 4.57 Å². The fourth-order valence-electron chi connectivity index (χ4n) is 3.75. The molecule has 1 aromatic carbocycles. The molecule has 0 aliphatic carbocycles. The Balaban J connectivity index is 2.14. The van der Waals surface area contributed by atoms with E-state index in [1.807, 2.05) is 45.0 Å². The van der Waals surface area contributed by atoms with E-state index in [4.69, 9.17) is 4.42 Å². The molecule has 0 amide bonds. The summed E-state index contributed by atoms with van der Waals surface area (Å²) in [5, 5.41) is 20.9. The molecule has 1 aliphatic heterocycles. The molecule has 2 aromatic heterocycles. The van der Waals surface area contributed by atoms with Crippen molar-refractivity contribution in [1.82, 2.24) is 4.57 Å². The van der Waals surface area contributed by atoms with Crippen LogP contribution in [-0.2, 0) is 6.42 Å². The second-order valence-corrected chi connectivity index (χ2v) is 7.77. The maximum Gasteiger partial charge on any atom is 0.341 e. The molecule has 0 saturated heterocycles. The van der Waals surface area contributed by atoms with Crippen LogP contribution in [0.15, 0.2) is 39.7 Å². The second kappa shape index (κ2) is 5.24. The summed E-state index contributed by atoms with van der Waals surface area (Å²) >= 11 is 0. The number of nitrogens with zero attached hydrogens (tertiary/aromatic N) is 1. The number of carbonyl (C=O) groups is 1. The summed E-state index contributed by atoms with van der Waals surface area (Å²) in [6.45, 7) is 6.14. The van der Waals surface area contributed by atoms with Crippen molar-refractivity contribution < 1.29 is 19.4 Å². The van der Waals surface area contributed by atoms with Gasteiger partial charge in [0.25, 0.3) is 0 Å². The van der Waals surface area contributed by atoms with E-state index in [2.05, 4.69) is 0 Å². The Morgan fingerprint density at radius 2 is 1.96 bits per heavy atom. The topological polar surface area (TPSA) is 92.7 Å². The Labute approximate surface area is 149 Å². The van der Waals surface area contributed by atoms with Crippen LogP contribution in [0, 0.1) is 5.41 Å². The SMILES string of the molecule is CC(C)(C)[C@@H]1Cc2c(oc3ccccc23)-c2c(O)c(=O)c(C(=O)O)cn21. The largest absolute Gasteiger partial charge is 0.503 e. The highest BCUT2D eigenvalue weighted by atomic mass is 16.4. The predicted molar refractivity (Wildman–Crippen MR) is 96.7 cm³/mol. The summed E-state index contributed by atoms with van der Waals surface area (Å²) in [5.41, 5.74) is 0.274. The zero-order chi connectivity index (χ0) is 18.8. The lowest BCUT2D eigenvalue weighted by molar-refractivity contribution is 0.0692. The number of pyridine rings is 1. The van der Waals surface area contributed by atoms with Crippen molar-refractivity contribution in [1.29, 1.82) is 0 Å². The van der Waals surface area contributed by atoms with Gasteiger partial charge in [-0.3, -0.25) is 4.79 Å². The van der Waals surface area contributed by atoms with Crippen LogP contribution in [-0.4, -0.2) is 20.7 Å². The molecular weight excluding hydrogens is 334 g/mol. The minimum Gasteiger partial charge on any atom is -0.503 e. The molecule has 0 spiro atoms. The zero-order valence-corrected chi connectivity index (χ0v) is 14.7. The fourth-order valence-corrected chi connectivity index (χ4v) is 3.75. The van der Waals surface area contributed by atoms with Crippen LogP contribution in [0.5, 0.6) is 5.75 Å². The van der Waals surface area contributed by atoms with Gasteiger partial charge >= 0.3 is 5.97 Å². The number of aromatic nitrogens is 1. The van der Waals surface area contributed by atoms with E-state index in [0.717, 1.165) is 10.9 Å².